The second kappa shape index (κ2) is 8.85. The quantitative estimate of drug-likeness (QED) is 0.817. The Bertz CT molecular complexity index is 667. The summed E-state index contributed by atoms with van der Waals surface area (Å²) in [5.41, 5.74) is 0.674. The van der Waals surface area contributed by atoms with Crippen molar-refractivity contribution in [3.8, 4) is 0 Å². The van der Waals surface area contributed by atoms with Crippen LogP contribution in [0.4, 0.5) is 4.39 Å². The van der Waals surface area contributed by atoms with Gasteiger partial charge in [-0.05, 0) is 35.4 Å². The molecule has 2 rings (SSSR count). The third-order valence-corrected chi connectivity index (χ3v) is 4.99. The molecule has 1 aliphatic heterocycles. The van der Waals surface area contributed by atoms with E-state index < -0.39 is 0 Å². The summed E-state index contributed by atoms with van der Waals surface area (Å²) in [5.74, 6) is -0.312. The first-order chi connectivity index (χ1) is 12.6. The average molecular weight is 377 g/mol. The number of nitrogens with one attached hydrogen (secondary N) is 1. The summed E-state index contributed by atoms with van der Waals surface area (Å²) < 4.78 is 13.7. The van der Waals surface area contributed by atoms with Gasteiger partial charge in [0.1, 0.15) is 5.82 Å². The van der Waals surface area contributed by atoms with Crippen molar-refractivity contribution >= 4 is 11.8 Å². The summed E-state index contributed by atoms with van der Waals surface area (Å²) in [6.07, 6.45) is 1.35. The molecule has 1 aromatic rings. The number of carbonyl (C=O) groups is 2. The minimum absolute atomic E-state index is 0.0454. The molecule has 1 aliphatic rings. The molecule has 1 saturated heterocycles. The normalized spacial score (nSPS) is 20.2. The van der Waals surface area contributed by atoms with Crippen LogP contribution in [-0.4, -0.2) is 36.3 Å². The van der Waals surface area contributed by atoms with E-state index in [9.17, 15) is 14.0 Å². The van der Waals surface area contributed by atoms with Gasteiger partial charge in [0.25, 0.3) is 0 Å². The van der Waals surface area contributed by atoms with E-state index in [2.05, 4.69) is 19.2 Å². The molecular weight excluding hydrogens is 343 g/mol. The van der Waals surface area contributed by atoms with Gasteiger partial charge < -0.3 is 10.2 Å². The molecule has 1 heterocycles. The molecule has 1 aromatic carbocycles. The molecule has 0 radical (unpaired) electrons. The predicted molar refractivity (Wildman–Crippen MR) is 106 cm³/mol. The van der Waals surface area contributed by atoms with Gasteiger partial charge in [-0.1, -0.05) is 46.8 Å². The molecule has 0 spiro atoms. The summed E-state index contributed by atoms with van der Waals surface area (Å²) >= 11 is 0. The van der Waals surface area contributed by atoms with E-state index in [4.69, 9.17) is 0 Å². The van der Waals surface area contributed by atoms with E-state index >= 15 is 0 Å². The van der Waals surface area contributed by atoms with Crippen LogP contribution in [0.1, 0.15) is 58.9 Å². The lowest BCUT2D eigenvalue weighted by Gasteiger charge is -2.23. The molecule has 2 amide bonds. The summed E-state index contributed by atoms with van der Waals surface area (Å²) in [6.45, 7) is 11.8. The van der Waals surface area contributed by atoms with Crippen LogP contribution in [0.3, 0.4) is 0 Å². The largest absolute Gasteiger partial charge is 0.356 e. The van der Waals surface area contributed by atoms with Gasteiger partial charge in [0.05, 0.1) is 5.92 Å². The Kier molecular flexibility index (Phi) is 7.01. The van der Waals surface area contributed by atoms with Crippen molar-refractivity contribution < 1.29 is 14.0 Å². The first kappa shape index (κ1) is 21.4. The molecule has 0 unspecified atom stereocenters. The molecule has 1 N–H and O–H groups in total. The Hall–Kier alpha value is -1.91. The van der Waals surface area contributed by atoms with Gasteiger partial charge in [-0.15, -0.1) is 0 Å². The van der Waals surface area contributed by atoms with Gasteiger partial charge in [0.2, 0.25) is 11.8 Å². The maximum absolute atomic E-state index is 13.7. The second-order valence-corrected chi connectivity index (χ2v) is 9.28. The molecule has 1 fully saturated rings. The zero-order chi connectivity index (χ0) is 20.2. The van der Waals surface area contributed by atoms with Crippen LogP contribution < -0.4 is 5.32 Å². The van der Waals surface area contributed by atoms with Crippen molar-refractivity contribution in [2.45, 2.75) is 53.4 Å². The minimum atomic E-state index is -0.345. The number of nitrogens with zero attached hydrogens (tertiary/aromatic N) is 1. The number of hydrogen-bond acceptors (Lipinski definition) is 2. The van der Waals surface area contributed by atoms with Gasteiger partial charge in [0, 0.05) is 32.0 Å². The molecule has 0 aliphatic carbocycles. The second-order valence-electron chi connectivity index (χ2n) is 9.28. The molecular formula is C22H33FN2O2. The highest BCUT2D eigenvalue weighted by atomic mass is 19.1. The zero-order valence-corrected chi connectivity index (χ0v) is 17.2. The Morgan fingerprint density at radius 2 is 1.96 bits per heavy atom. The van der Waals surface area contributed by atoms with E-state index in [-0.39, 0.29) is 34.9 Å². The van der Waals surface area contributed by atoms with Gasteiger partial charge in [-0.2, -0.15) is 0 Å². The first-order valence-electron chi connectivity index (χ1n) is 9.88. The van der Waals surface area contributed by atoms with Crippen LogP contribution in [0.15, 0.2) is 24.3 Å². The van der Waals surface area contributed by atoms with Crippen LogP contribution in [0, 0.1) is 23.1 Å². The van der Waals surface area contributed by atoms with Crippen molar-refractivity contribution in [2.24, 2.45) is 17.3 Å². The fraction of sp³-hybridized carbons (Fsp3) is 0.636. The van der Waals surface area contributed by atoms with Crippen molar-refractivity contribution in [1.29, 1.82) is 0 Å². The molecule has 4 nitrogen and oxygen atoms in total. The van der Waals surface area contributed by atoms with Crippen molar-refractivity contribution in [1.82, 2.24) is 10.2 Å². The number of hydrogen-bond donors (Lipinski definition) is 1. The maximum Gasteiger partial charge on any atom is 0.225 e. The molecule has 0 saturated carbocycles. The fourth-order valence-electron chi connectivity index (χ4n) is 3.53. The third-order valence-electron chi connectivity index (χ3n) is 4.99. The molecule has 0 bridgehead atoms. The lowest BCUT2D eigenvalue weighted by Crippen LogP contribution is -2.37. The van der Waals surface area contributed by atoms with Gasteiger partial charge in [-0.25, -0.2) is 4.39 Å². The van der Waals surface area contributed by atoms with Crippen LogP contribution in [-0.2, 0) is 9.59 Å². The topological polar surface area (TPSA) is 49.4 Å². The Morgan fingerprint density at radius 1 is 1.26 bits per heavy atom. The van der Waals surface area contributed by atoms with Crippen molar-refractivity contribution in [2.75, 3.05) is 19.6 Å². The molecule has 5 heteroatoms. The number of carbonyl (C=O) groups excluding carboxylic acids is 2. The minimum Gasteiger partial charge on any atom is -0.356 e. The monoisotopic (exact) mass is 376 g/mol. The zero-order valence-electron chi connectivity index (χ0n) is 17.2. The van der Waals surface area contributed by atoms with Crippen molar-refractivity contribution in [3.63, 3.8) is 0 Å². The highest BCUT2D eigenvalue weighted by Gasteiger charge is 2.40. The summed E-state index contributed by atoms with van der Waals surface area (Å²) in [4.78, 5) is 27.3. The highest BCUT2D eigenvalue weighted by Crippen LogP contribution is 2.34. The lowest BCUT2D eigenvalue weighted by atomic mass is 9.88. The number of amides is 2. The SMILES string of the molecule is CC(C)CCNC(=O)[C@H]1CN(C(=O)CC(C)(C)C)C[C@@H]1c1cccc(F)c1. The first-order valence-corrected chi connectivity index (χ1v) is 9.88. The molecule has 2 atom stereocenters. The number of halogens is 1. The highest BCUT2D eigenvalue weighted by molar-refractivity contribution is 5.83. The van der Waals surface area contributed by atoms with Crippen LogP contribution in [0.5, 0.6) is 0 Å². The van der Waals surface area contributed by atoms with Crippen molar-refractivity contribution in [3.05, 3.63) is 35.6 Å². The van der Waals surface area contributed by atoms with Crippen LogP contribution in [0.25, 0.3) is 0 Å². The van der Waals surface area contributed by atoms with Crippen LogP contribution in [0.2, 0.25) is 0 Å². The summed E-state index contributed by atoms with van der Waals surface area (Å²) in [5, 5.41) is 3.01. The summed E-state index contributed by atoms with van der Waals surface area (Å²) in [7, 11) is 0. The Morgan fingerprint density at radius 3 is 2.56 bits per heavy atom. The molecule has 27 heavy (non-hydrogen) atoms. The Labute approximate surface area is 162 Å². The van der Waals surface area contributed by atoms with E-state index in [1.807, 2.05) is 26.8 Å². The number of benzene rings is 1. The number of rotatable bonds is 6. The predicted octanol–water partition coefficient (Wildman–Crippen LogP) is 3.97. The van der Waals surface area contributed by atoms with Gasteiger partial charge >= 0.3 is 0 Å². The molecule has 150 valence electrons. The summed E-state index contributed by atoms with van der Waals surface area (Å²) in [6, 6.07) is 6.40. The van der Waals surface area contributed by atoms with Gasteiger partial charge in [-0.3, -0.25) is 9.59 Å². The van der Waals surface area contributed by atoms with E-state index in [1.165, 1.54) is 12.1 Å². The number of likely N-dealkylation sites (tertiary alicyclic amines) is 1. The molecule has 0 aromatic heterocycles. The van der Waals surface area contributed by atoms with E-state index in [0.717, 1.165) is 12.0 Å². The average Bonchev–Trinajstić information content (AvgIpc) is 2.98. The van der Waals surface area contributed by atoms with Gasteiger partial charge in [0.15, 0.2) is 0 Å². The standard InChI is InChI=1S/C22H33FN2O2/c1-15(2)9-10-24-21(27)19-14-25(20(26)12-22(3,4)5)13-18(19)16-7-6-8-17(23)11-16/h6-8,11,15,18-19H,9-10,12-14H2,1-5H3,(H,24,27)/t18-,19+/m1/s1. The Balaban J connectivity index is 2.16. The fourth-order valence-corrected chi connectivity index (χ4v) is 3.53. The van der Waals surface area contributed by atoms with Crippen LogP contribution >= 0.6 is 0 Å². The van der Waals surface area contributed by atoms with E-state index in [0.29, 0.717) is 32.0 Å². The lowest BCUT2D eigenvalue weighted by molar-refractivity contribution is -0.132. The maximum atomic E-state index is 13.7. The third kappa shape index (κ3) is 6.33. The van der Waals surface area contributed by atoms with E-state index in [1.54, 1.807) is 11.0 Å². The smallest absolute Gasteiger partial charge is 0.225 e.